The number of nitrogens with two attached hydrogens (primary N) is 1. The Kier molecular flexibility index (Phi) is 5.35. The maximum Gasteiger partial charge on any atom is 0.387 e. The lowest BCUT2D eigenvalue weighted by Crippen LogP contribution is -2.31. The first-order chi connectivity index (χ1) is 13.9. The summed E-state index contributed by atoms with van der Waals surface area (Å²) in [6, 6.07) is 3.36. The van der Waals surface area contributed by atoms with E-state index in [1.165, 1.54) is 12.3 Å². The van der Waals surface area contributed by atoms with Gasteiger partial charge in [-0.3, -0.25) is 0 Å². The molecule has 0 amide bonds. The van der Waals surface area contributed by atoms with Gasteiger partial charge in [0.25, 0.3) is 0 Å². The van der Waals surface area contributed by atoms with Crippen LogP contribution in [0.4, 0.5) is 14.6 Å². The number of aliphatic hydroxyl groups is 1. The highest BCUT2D eigenvalue weighted by Gasteiger charge is 2.57. The van der Waals surface area contributed by atoms with Gasteiger partial charge in [0.2, 0.25) is 0 Å². The van der Waals surface area contributed by atoms with E-state index in [1.807, 2.05) is 13.0 Å². The number of halogens is 2. The minimum Gasteiger partial charge on any atom is -0.431 e. The van der Waals surface area contributed by atoms with Gasteiger partial charge in [0, 0.05) is 49.4 Å². The average molecular weight is 405 g/mol. The van der Waals surface area contributed by atoms with Crippen LogP contribution in [-0.2, 0) is 6.42 Å². The summed E-state index contributed by atoms with van der Waals surface area (Å²) in [5, 5.41) is 9.59. The van der Waals surface area contributed by atoms with Gasteiger partial charge in [-0.2, -0.15) is 8.78 Å². The number of β-amino-alcohol motifs (C(OH)–C–C–N with tert-alkyl or cyclic N) is 1. The van der Waals surface area contributed by atoms with Gasteiger partial charge in [0.15, 0.2) is 11.6 Å². The molecule has 2 aromatic rings. The number of alkyl halides is 2. The van der Waals surface area contributed by atoms with Crippen molar-refractivity contribution in [2.24, 2.45) is 11.8 Å². The van der Waals surface area contributed by atoms with Gasteiger partial charge >= 0.3 is 6.61 Å². The summed E-state index contributed by atoms with van der Waals surface area (Å²) < 4.78 is 29.7. The molecule has 0 aromatic carbocycles. The number of piperidine rings is 1. The Labute approximate surface area is 167 Å². The summed E-state index contributed by atoms with van der Waals surface area (Å²) in [7, 11) is 0. The summed E-state index contributed by atoms with van der Waals surface area (Å²) in [6.45, 7) is 3.41. The van der Waals surface area contributed by atoms with Crippen LogP contribution in [0.2, 0.25) is 0 Å². The van der Waals surface area contributed by atoms with Crippen LogP contribution in [0.1, 0.15) is 31.3 Å². The molecule has 29 heavy (non-hydrogen) atoms. The smallest absolute Gasteiger partial charge is 0.387 e. The number of aryl methyl sites for hydroxylation is 1. The first-order valence-corrected chi connectivity index (χ1v) is 9.84. The maximum atomic E-state index is 12.6. The highest BCUT2D eigenvalue weighted by atomic mass is 19.3. The fourth-order valence-electron chi connectivity index (χ4n) is 4.36. The topological polar surface area (TPSA) is 97.4 Å². The lowest BCUT2D eigenvalue weighted by atomic mass is 10.1. The van der Waals surface area contributed by atoms with Crippen molar-refractivity contribution >= 4 is 5.82 Å². The Morgan fingerprint density at radius 2 is 2.00 bits per heavy atom. The Morgan fingerprint density at radius 1 is 1.28 bits per heavy atom. The summed E-state index contributed by atoms with van der Waals surface area (Å²) in [5.74, 6) is 1.89. The zero-order valence-electron chi connectivity index (χ0n) is 16.4. The fraction of sp³-hybridized carbons (Fsp3) is 0.550. The number of ether oxygens (including phenoxy) is 1. The molecule has 4 atom stereocenters. The molecule has 1 aliphatic carbocycles. The fourth-order valence-corrected chi connectivity index (χ4v) is 4.36. The van der Waals surface area contributed by atoms with E-state index < -0.39 is 6.61 Å². The van der Waals surface area contributed by atoms with Gasteiger partial charge in [0.05, 0.1) is 11.8 Å². The molecule has 1 aliphatic heterocycles. The molecule has 3 N–H and O–H groups in total. The third-order valence-corrected chi connectivity index (χ3v) is 5.64. The van der Waals surface area contributed by atoms with Crippen molar-refractivity contribution in [3.63, 3.8) is 0 Å². The van der Waals surface area contributed by atoms with Crippen molar-refractivity contribution in [2.45, 2.75) is 38.9 Å². The van der Waals surface area contributed by atoms with Crippen LogP contribution in [0.15, 0.2) is 18.3 Å². The normalized spacial score (nSPS) is 24.6. The van der Waals surface area contributed by atoms with Crippen LogP contribution in [-0.4, -0.2) is 57.3 Å². The van der Waals surface area contributed by atoms with Crippen molar-refractivity contribution in [3.05, 3.63) is 29.8 Å². The van der Waals surface area contributed by atoms with Gasteiger partial charge in [-0.05, 0) is 30.9 Å². The number of nitrogen functional groups attached to an aromatic ring is 1. The van der Waals surface area contributed by atoms with Gasteiger partial charge < -0.3 is 20.5 Å². The second kappa shape index (κ2) is 7.79. The summed E-state index contributed by atoms with van der Waals surface area (Å²) in [6.07, 6.45) is 1.85. The van der Waals surface area contributed by atoms with Crippen LogP contribution >= 0.6 is 0 Å². The number of aromatic nitrogens is 3. The van der Waals surface area contributed by atoms with Crippen molar-refractivity contribution in [3.8, 4) is 17.0 Å². The number of nitrogens with zero attached hydrogens (tertiary/aromatic N) is 4. The zero-order valence-corrected chi connectivity index (χ0v) is 16.4. The van der Waals surface area contributed by atoms with E-state index in [0.717, 1.165) is 18.8 Å². The van der Waals surface area contributed by atoms with Gasteiger partial charge in [-0.15, -0.1) is 0 Å². The second-order valence-electron chi connectivity index (χ2n) is 7.85. The molecule has 0 spiro atoms. The summed E-state index contributed by atoms with van der Waals surface area (Å²) in [5.41, 5.74) is 7.82. The quantitative estimate of drug-likeness (QED) is 0.730. The van der Waals surface area contributed by atoms with E-state index in [2.05, 4.69) is 19.6 Å². The standard InChI is InChI=1S/C20H25F2N5O2/c1-3-17-25-14(11-4-16(29-20(21)22)19(23)24-6-11)5-15(26-17)18-12-8-27(7-10(2)28)9-13(12)18/h4-6,10,12-13,18,20,28H,3,7-9H2,1-2H3,(H2,23,24)/t10?,12-,13+,18?. The van der Waals surface area contributed by atoms with E-state index in [9.17, 15) is 13.9 Å². The highest BCUT2D eigenvalue weighted by molar-refractivity contribution is 5.64. The monoisotopic (exact) mass is 405 g/mol. The van der Waals surface area contributed by atoms with Crippen molar-refractivity contribution in [2.75, 3.05) is 25.4 Å². The molecule has 4 rings (SSSR count). The van der Waals surface area contributed by atoms with E-state index in [-0.39, 0.29) is 17.7 Å². The molecule has 1 saturated carbocycles. The van der Waals surface area contributed by atoms with Crippen molar-refractivity contribution in [1.82, 2.24) is 19.9 Å². The first kappa shape index (κ1) is 19.9. The largest absolute Gasteiger partial charge is 0.431 e. The van der Waals surface area contributed by atoms with Gasteiger partial charge in [-0.1, -0.05) is 6.92 Å². The van der Waals surface area contributed by atoms with E-state index in [1.54, 1.807) is 6.92 Å². The zero-order chi connectivity index (χ0) is 20.7. The van der Waals surface area contributed by atoms with E-state index in [4.69, 9.17) is 10.7 Å². The second-order valence-corrected chi connectivity index (χ2v) is 7.85. The molecule has 9 heteroatoms. The Morgan fingerprint density at radius 3 is 2.62 bits per heavy atom. The minimum atomic E-state index is -2.98. The molecule has 1 saturated heterocycles. The number of hydrogen-bond donors (Lipinski definition) is 2. The number of aliphatic hydroxyl groups excluding tert-OH is 1. The molecule has 7 nitrogen and oxygen atoms in total. The summed E-state index contributed by atoms with van der Waals surface area (Å²) in [4.78, 5) is 15.5. The lowest BCUT2D eigenvalue weighted by molar-refractivity contribution is -0.0494. The number of fused-ring (bicyclic) bond motifs is 1. The Balaban J connectivity index is 1.58. The number of pyridine rings is 1. The number of likely N-dealkylation sites (tertiary alicyclic amines) is 1. The molecule has 2 aromatic heterocycles. The van der Waals surface area contributed by atoms with Crippen LogP contribution in [0.5, 0.6) is 5.75 Å². The lowest BCUT2D eigenvalue weighted by Gasteiger charge is -2.20. The van der Waals surface area contributed by atoms with E-state index >= 15 is 0 Å². The third kappa shape index (κ3) is 4.16. The van der Waals surface area contributed by atoms with Crippen LogP contribution < -0.4 is 10.5 Å². The molecule has 156 valence electrons. The number of rotatable bonds is 7. The van der Waals surface area contributed by atoms with Gasteiger partial charge in [-0.25, -0.2) is 15.0 Å². The maximum absolute atomic E-state index is 12.6. The van der Waals surface area contributed by atoms with Crippen molar-refractivity contribution < 1.29 is 18.6 Å². The molecule has 0 radical (unpaired) electrons. The Bertz CT molecular complexity index is 883. The number of hydrogen-bond acceptors (Lipinski definition) is 7. The predicted molar refractivity (Wildman–Crippen MR) is 104 cm³/mol. The predicted octanol–water partition coefficient (Wildman–Crippen LogP) is 2.31. The van der Waals surface area contributed by atoms with Crippen LogP contribution in [0.25, 0.3) is 11.3 Å². The average Bonchev–Trinajstić information content (AvgIpc) is 3.18. The Hall–Kier alpha value is -2.39. The molecule has 0 bridgehead atoms. The first-order valence-electron chi connectivity index (χ1n) is 9.84. The molecule has 2 fully saturated rings. The molecule has 2 aliphatic rings. The molecular weight excluding hydrogens is 380 g/mol. The summed E-state index contributed by atoms with van der Waals surface area (Å²) >= 11 is 0. The minimum absolute atomic E-state index is 0.0889. The highest BCUT2D eigenvalue weighted by Crippen LogP contribution is 2.57. The van der Waals surface area contributed by atoms with Gasteiger partial charge in [0.1, 0.15) is 5.82 Å². The van der Waals surface area contributed by atoms with Crippen molar-refractivity contribution in [1.29, 1.82) is 0 Å². The molecule has 2 unspecified atom stereocenters. The van der Waals surface area contributed by atoms with Crippen LogP contribution in [0, 0.1) is 11.8 Å². The molecular formula is C20H25F2N5O2. The van der Waals surface area contributed by atoms with Crippen LogP contribution in [0.3, 0.4) is 0 Å². The molecule has 3 heterocycles. The third-order valence-electron chi connectivity index (χ3n) is 5.64. The SMILES string of the molecule is CCc1nc(-c2cnc(N)c(OC(F)F)c2)cc(C2[C@H]3CN(CC(C)O)C[C@@H]23)n1. The number of anilines is 1. The van der Waals surface area contributed by atoms with E-state index in [0.29, 0.717) is 47.8 Å².